The number of thiophene rings is 1. The van der Waals surface area contributed by atoms with Crippen LogP contribution in [0.3, 0.4) is 0 Å². The molecule has 0 saturated carbocycles. The Balaban J connectivity index is 1.87. The van der Waals surface area contributed by atoms with Crippen LogP contribution in [0.4, 0.5) is 0 Å². The van der Waals surface area contributed by atoms with Crippen molar-refractivity contribution in [2.75, 3.05) is 11.5 Å². The molecule has 2 aromatic heterocycles. The van der Waals surface area contributed by atoms with Gasteiger partial charge in [-0.25, -0.2) is 21.6 Å². The molecule has 1 saturated heterocycles. The molecule has 0 aromatic carbocycles. The van der Waals surface area contributed by atoms with E-state index in [0.29, 0.717) is 17.0 Å². The molecule has 3 heterocycles. The molecule has 7 nitrogen and oxygen atoms in total. The molecule has 1 atom stereocenters. The second kappa shape index (κ2) is 5.69. The van der Waals surface area contributed by atoms with Gasteiger partial charge in [0, 0.05) is 16.6 Å². The maximum atomic E-state index is 12.5. The molecule has 0 radical (unpaired) electrons. The lowest BCUT2D eigenvalue weighted by Crippen LogP contribution is -2.35. The summed E-state index contributed by atoms with van der Waals surface area (Å²) < 4.78 is 50.5. The number of rotatable bonds is 4. The smallest absolute Gasteiger partial charge is 0.241 e. The molecule has 0 bridgehead atoms. The molecule has 0 unspecified atom stereocenters. The lowest BCUT2D eigenvalue weighted by atomic mass is 10.3. The Kier molecular flexibility index (Phi) is 4.11. The van der Waals surface area contributed by atoms with Crippen molar-refractivity contribution in [1.29, 1.82) is 0 Å². The normalized spacial score (nSPS) is 20.9. The maximum Gasteiger partial charge on any atom is 0.241 e. The van der Waals surface area contributed by atoms with Gasteiger partial charge in [-0.05, 0) is 32.4 Å². The number of hydrogen-bond donors (Lipinski definition) is 2. The van der Waals surface area contributed by atoms with Gasteiger partial charge in [0.05, 0.1) is 21.3 Å². The average Bonchev–Trinajstić information content (AvgIpc) is 3.09. The fourth-order valence-electron chi connectivity index (χ4n) is 2.57. The quantitative estimate of drug-likeness (QED) is 0.835. The van der Waals surface area contributed by atoms with Crippen molar-refractivity contribution in [2.45, 2.75) is 31.2 Å². The summed E-state index contributed by atoms with van der Waals surface area (Å²) in [5.74, 6) is -0.110. The van der Waals surface area contributed by atoms with Crippen LogP contribution >= 0.6 is 11.3 Å². The van der Waals surface area contributed by atoms with Gasteiger partial charge in [-0.3, -0.25) is 5.10 Å². The highest BCUT2D eigenvalue weighted by molar-refractivity contribution is 7.92. The first-order chi connectivity index (χ1) is 10.7. The minimum atomic E-state index is -3.75. The van der Waals surface area contributed by atoms with Crippen LogP contribution in [-0.2, 0) is 19.9 Å². The van der Waals surface area contributed by atoms with Crippen molar-refractivity contribution in [3.63, 3.8) is 0 Å². The van der Waals surface area contributed by atoms with Gasteiger partial charge in [0.25, 0.3) is 0 Å². The molecule has 1 fully saturated rings. The van der Waals surface area contributed by atoms with Gasteiger partial charge in [-0.2, -0.15) is 5.10 Å². The maximum absolute atomic E-state index is 12.5. The van der Waals surface area contributed by atoms with E-state index in [0.717, 1.165) is 10.6 Å². The van der Waals surface area contributed by atoms with Crippen LogP contribution in [0.1, 0.15) is 17.0 Å². The molecule has 126 valence electrons. The molecular weight excluding hydrogens is 358 g/mol. The summed E-state index contributed by atoms with van der Waals surface area (Å²) in [6.07, 6.45) is 0.316. The number of aromatic amines is 1. The van der Waals surface area contributed by atoms with E-state index in [1.54, 1.807) is 13.0 Å². The lowest BCUT2D eigenvalue weighted by molar-refractivity contribution is 0.562. The van der Waals surface area contributed by atoms with E-state index in [1.807, 2.05) is 13.0 Å². The van der Waals surface area contributed by atoms with Crippen LogP contribution in [0.15, 0.2) is 17.0 Å². The fraction of sp³-hybridized carbons (Fsp3) is 0.462. The minimum absolute atomic E-state index is 0.0284. The highest BCUT2D eigenvalue weighted by atomic mass is 32.2. The van der Waals surface area contributed by atoms with Gasteiger partial charge >= 0.3 is 0 Å². The van der Waals surface area contributed by atoms with Crippen LogP contribution in [0.5, 0.6) is 0 Å². The average molecular weight is 375 g/mol. The topological polar surface area (TPSA) is 109 Å². The summed E-state index contributed by atoms with van der Waals surface area (Å²) in [4.78, 5) is 1.59. The van der Waals surface area contributed by atoms with E-state index in [-0.39, 0.29) is 16.4 Å². The molecule has 1 aliphatic heterocycles. The van der Waals surface area contributed by atoms with Gasteiger partial charge in [0.2, 0.25) is 10.0 Å². The number of H-pyrrole nitrogens is 1. The number of sulfonamides is 1. The highest BCUT2D eigenvalue weighted by Crippen LogP contribution is 2.33. The van der Waals surface area contributed by atoms with Gasteiger partial charge in [-0.1, -0.05) is 0 Å². The summed E-state index contributed by atoms with van der Waals surface area (Å²) in [5.41, 5.74) is 1.59. The van der Waals surface area contributed by atoms with Crippen LogP contribution in [-0.4, -0.2) is 44.6 Å². The molecule has 10 heteroatoms. The summed E-state index contributed by atoms with van der Waals surface area (Å²) in [6, 6.07) is 2.88. The Labute approximate surface area is 139 Å². The van der Waals surface area contributed by atoms with Crippen LogP contribution in [0.2, 0.25) is 0 Å². The number of nitrogens with zero attached hydrogens (tertiary/aromatic N) is 1. The SMILES string of the molecule is Cc1cc(-c2cc(S(=O)(=O)N[C@@H]3CCS(=O)(=O)C3)c(C)s2)n[nH]1. The van der Waals surface area contributed by atoms with Gasteiger partial charge in [0.15, 0.2) is 9.84 Å². The van der Waals surface area contributed by atoms with E-state index < -0.39 is 25.9 Å². The van der Waals surface area contributed by atoms with Crippen LogP contribution < -0.4 is 4.72 Å². The zero-order valence-corrected chi connectivity index (χ0v) is 15.1. The van der Waals surface area contributed by atoms with E-state index in [1.165, 1.54) is 11.3 Å². The van der Waals surface area contributed by atoms with Crippen molar-refractivity contribution in [3.05, 3.63) is 22.7 Å². The zero-order valence-electron chi connectivity index (χ0n) is 12.7. The van der Waals surface area contributed by atoms with Crippen LogP contribution in [0.25, 0.3) is 10.6 Å². The highest BCUT2D eigenvalue weighted by Gasteiger charge is 2.32. The van der Waals surface area contributed by atoms with E-state index in [4.69, 9.17) is 0 Å². The van der Waals surface area contributed by atoms with Crippen molar-refractivity contribution >= 4 is 31.2 Å². The standard InChI is InChI=1S/C13H17N3O4S3/c1-8-5-11(15-14-8)12-6-13(9(2)21-12)23(19,20)16-10-3-4-22(17,18)7-10/h5-6,10,16H,3-4,7H2,1-2H3,(H,14,15)/t10-/m1/s1. The minimum Gasteiger partial charge on any atom is -0.282 e. The number of aryl methyl sites for hydroxylation is 2. The first kappa shape index (κ1) is 16.6. The zero-order chi connectivity index (χ0) is 16.8. The molecule has 2 N–H and O–H groups in total. The molecule has 23 heavy (non-hydrogen) atoms. The number of hydrogen-bond acceptors (Lipinski definition) is 6. The van der Waals surface area contributed by atoms with E-state index >= 15 is 0 Å². The first-order valence-electron chi connectivity index (χ1n) is 7.02. The fourth-order valence-corrected chi connectivity index (χ4v) is 7.17. The van der Waals surface area contributed by atoms with Crippen molar-refractivity contribution in [3.8, 4) is 10.6 Å². The van der Waals surface area contributed by atoms with Gasteiger partial charge in [0.1, 0.15) is 5.69 Å². The molecule has 0 aliphatic carbocycles. The third-order valence-corrected chi connectivity index (χ3v) is 8.29. The second-order valence-electron chi connectivity index (χ2n) is 5.69. The largest absolute Gasteiger partial charge is 0.282 e. The molecule has 0 amide bonds. The Bertz CT molecular complexity index is 941. The molecule has 1 aliphatic rings. The third kappa shape index (κ3) is 3.49. The molecular formula is C13H17N3O4S3. The molecule has 2 aromatic rings. The third-order valence-electron chi connectivity index (χ3n) is 3.67. The predicted octanol–water partition coefficient (Wildman–Crippen LogP) is 1.22. The monoisotopic (exact) mass is 375 g/mol. The van der Waals surface area contributed by atoms with E-state index in [9.17, 15) is 16.8 Å². The molecule has 3 rings (SSSR count). The molecule has 0 spiro atoms. The summed E-state index contributed by atoms with van der Waals surface area (Å²) >= 11 is 1.35. The Morgan fingerprint density at radius 2 is 2.09 bits per heavy atom. The van der Waals surface area contributed by atoms with Gasteiger partial charge < -0.3 is 0 Å². The van der Waals surface area contributed by atoms with Crippen molar-refractivity contribution < 1.29 is 16.8 Å². The Hall–Kier alpha value is -1.23. The number of sulfone groups is 1. The lowest BCUT2D eigenvalue weighted by Gasteiger charge is -2.11. The summed E-state index contributed by atoms with van der Waals surface area (Å²) in [7, 11) is -6.88. The van der Waals surface area contributed by atoms with Gasteiger partial charge in [-0.15, -0.1) is 11.3 Å². The Morgan fingerprint density at radius 3 is 2.65 bits per heavy atom. The van der Waals surface area contributed by atoms with Crippen LogP contribution in [0, 0.1) is 13.8 Å². The number of aromatic nitrogens is 2. The van der Waals surface area contributed by atoms with Crippen molar-refractivity contribution in [2.24, 2.45) is 0 Å². The second-order valence-corrected chi connectivity index (χ2v) is 10.9. The summed E-state index contributed by atoms with van der Waals surface area (Å²) in [5, 5.41) is 6.96. The predicted molar refractivity (Wildman–Crippen MR) is 88.8 cm³/mol. The first-order valence-corrected chi connectivity index (χ1v) is 11.1. The Morgan fingerprint density at radius 1 is 1.35 bits per heavy atom. The summed E-state index contributed by atoms with van der Waals surface area (Å²) in [6.45, 7) is 3.60. The van der Waals surface area contributed by atoms with Crippen molar-refractivity contribution in [1.82, 2.24) is 14.9 Å². The number of nitrogens with one attached hydrogen (secondary N) is 2. The van der Waals surface area contributed by atoms with E-state index in [2.05, 4.69) is 14.9 Å².